The molecule has 2 amide bonds. The summed E-state index contributed by atoms with van der Waals surface area (Å²) >= 11 is 0. The van der Waals surface area contributed by atoms with Crippen molar-refractivity contribution in [3.05, 3.63) is 35.7 Å². The number of rotatable bonds is 7. The summed E-state index contributed by atoms with van der Waals surface area (Å²) in [7, 11) is 1.62. The number of tetrazole rings is 1. The van der Waals surface area contributed by atoms with Gasteiger partial charge in [0.05, 0.1) is 26.1 Å². The molecule has 138 valence electrons. The lowest BCUT2D eigenvalue weighted by Crippen LogP contribution is -2.56. The minimum Gasteiger partial charge on any atom is -0.497 e. The van der Waals surface area contributed by atoms with E-state index in [1.165, 1.54) is 0 Å². The maximum absolute atomic E-state index is 12.3. The Labute approximate surface area is 150 Å². The molecule has 0 bridgehead atoms. The Bertz CT molecular complexity index is 750. The number of nitrogens with one attached hydrogen (secondary N) is 3. The van der Waals surface area contributed by atoms with E-state index in [1.807, 2.05) is 29.2 Å². The van der Waals surface area contributed by atoms with E-state index in [9.17, 15) is 9.59 Å². The molecule has 1 aliphatic heterocycles. The first-order valence-electron chi connectivity index (χ1n) is 8.29. The fourth-order valence-corrected chi connectivity index (χ4v) is 2.86. The number of methoxy groups -OCH3 is 1. The van der Waals surface area contributed by atoms with Crippen molar-refractivity contribution in [1.29, 1.82) is 0 Å². The van der Waals surface area contributed by atoms with Crippen molar-refractivity contribution in [3.8, 4) is 5.75 Å². The summed E-state index contributed by atoms with van der Waals surface area (Å²) in [6, 6.07) is 7.16. The molecule has 1 aliphatic rings. The van der Waals surface area contributed by atoms with Gasteiger partial charge in [-0.05, 0) is 17.7 Å². The Morgan fingerprint density at radius 3 is 3.12 bits per heavy atom. The van der Waals surface area contributed by atoms with Gasteiger partial charge in [0, 0.05) is 19.6 Å². The third-order valence-electron chi connectivity index (χ3n) is 4.17. The third kappa shape index (κ3) is 4.54. The van der Waals surface area contributed by atoms with Gasteiger partial charge in [0.1, 0.15) is 5.75 Å². The summed E-state index contributed by atoms with van der Waals surface area (Å²) in [6.07, 6.45) is 0.0631. The van der Waals surface area contributed by atoms with Gasteiger partial charge in [-0.1, -0.05) is 17.3 Å². The number of nitrogens with zero attached hydrogens (tertiary/aromatic N) is 4. The average molecular weight is 359 g/mol. The van der Waals surface area contributed by atoms with Crippen LogP contribution >= 0.6 is 0 Å². The van der Waals surface area contributed by atoms with Crippen molar-refractivity contribution in [2.75, 3.05) is 20.2 Å². The number of aromatic nitrogens is 4. The minimum absolute atomic E-state index is 0.0631. The summed E-state index contributed by atoms with van der Waals surface area (Å²) in [5, 5.41) is 18.8. The second-order valence-electron chi connectivity index (χ2n) is 5.94. The first-order valence-corrected chi connectivity index (χ1v) is 8.29. The third-order valence-corrected chi connectivity index (χ3v) is 4.17. The van der Waals surface area contributed by atoms with E-state index < -0.39 is 6.04 Å². The van der Waals surface area contributed by atoms with E-state index in [0.717, 1.165) is 11.3 Å². The number of benzene rings is 1. The number of hydrogen-bond acceptors (Lipinski definition) is 7. The summed E-state index contributed by atoms with van der Waals surface area (Å²) in [4.78, 5) is 26.5. The molecule has 1 saturated heterocycles. The Hall–Kier alpha value is -3.01. The van der Waals surface area contributed by atoms with Crippen LogP contribution in [-0.2, 0) is 22.7 Å². The van der Waals surface area contributed by atoms with Gasteiger partial charge in [0.2, 0.25) is 11.8 Å². The van der Waals surface area contributed by atoms with Crippen LogP contribution in [0.3, 0.4) is 0 Å². The van der Waals surface area contributed by atoms with Crippen molar-refractivity contribution in [1.82, 2.24) is 36.2 Å². The normalized spacial score (nSPS) is 17.6. The second kappa shape index (κ2) is 8.39. The Morgan fingerprint density at radius 2 is 2.35 bits per heavy atom. The van der Waals surface area contributed by atoms with E-state index >= 15 is 0 Å². The summed E-state index contributed by atoms with van der Waals surface area (Å²) < 4.78 is 5.24. The molecule has 0 spiro atoms. The van der Waals surface area contributed by atoms with Crippen molar-refractivity contribution >= 4 is 11.8 Å². The number of piperazine rings is 1. The van der Waals surface area contributed by atoms with Gasteiger partial charge in [-0.3, -0.25) is 14.5 Å². The van der Waals surface area contributed by atoms with E-state index in [0.29, 0.717) is 25.5 Å². The zero-order valence-corrected chi connectivity index (χ0v) is 14.4. The number of ether oxygens (including phenoxy) is 1. The highest BCUT2D eigenvalue weighted by atomic mass is 16.5. The van der Waals surface area contributed by atoms with Crippen LogP contribution in [0.25, 0.3) is 0 Å². The molecule has 0 aliphatic carbocycles. The van der Waals surface area contributed by atoms with Crippen molar-refractivity contribution in [2.24, 2.45) is 0 Å². The number of carbonyl (C=O) groups excluding carboxylic acids is 2. The topological polar surface area (TPSA) is 125 Å². The van der Waals surface area contributed by atoms with E-state index in [4.69, 9.17) is 4.74 Å². The van der Waals surface area contributed by atoms with Gasteiger partial charge in [-0.25, -0.2) is 0 Å². The Kier molecular flexibility index (Phi) is 5.74. The fraction of sp³-hybridized carbons (Fsp3) is 0.438. The van der Waals surface area contributed by atoms with Crippen LogP contribution in [0, 0.1) is 0 Å². The minimum atomic E-state index is -0.528. The van der Waals surface area contributed by atoms with Crippen LogP contribution in [0.5, 0.6) is 5.75 Å². The SMILES string of the molecule is COc1cccc(CN2CCNC(=O)C2CC(=O)NCc2nn[nH]n2)c1. The van der Waals surface area contributed by atoms with Crippen LogP contribution < -0.4 is 15.4 Å². The molecule has 26 heavy (non-hydrogen) atoms. The number of H-pyrrole nitrogens is 1. The Morgan fingerprint density at radius 1 is 1.46 bits per heavy atom. The molecule has 2 heterocycles. The molecule has 1 unspecified atom stereocenters. The lowest BCUT2D eigenvalue weighted by atomic mass is 10.1. The largest absolute Gasteiger partial charge is 0.497 e. The number of carbonyl (C=O) groups is 2. The van der Waals surface area contributed by atoms with E-state index in [1.54, 1.807) is 7.11 Å². The quantitative estimate of drug-likeness (QED) is 0.592. The van der Waals surface area contributed by atoms with E-state index in [2.05, 4.69) is 31.3 Å². The van der Waals surface area contributed by atoms with Crippen molar-refractivity contribution < 1.29 is 14.3 Å². The molecule has 1 atom stereocenters. The molecule has 0 radical (unpaired) electrons. The van der Waals surface area contributed by atoms with Crippen LogP contribution in [0.1, 0.15) is 17.8 Å². The zero-order valence-electron chi connectivity index (χ0n) is 14.4. The molecule has 1 aromatic carbocycles. The molecule has 1 aromatic heterocycles. The molecule has 3 rings (SSSR count). The van der Waals surface area contributed by atoms with Gasteiger partial charge in [0.15, 0.2) is 5.82 Å². The standard InChI is InChI=1S/C16H21N7O3/c1-26-12-4-2-3-11(7-12)10-23-6-5-17-16(25)13(23)8-15(24)18-9-14-19-21-22-20-14/h2-4,7,13H,5-6,8-10H2,1H3,(H,17,25)(H,18,24)(H,19,20,21,22). The van der Waals surface area contributed by atoms with Gasteiger partial charge in [-0.15, -0.1) is 10.2 Å². The van der Waals surface area contributed by atoms with Crippen LogP contribution in [0.15, 0.2) is 24.3 Å². The first kappa shape index (κ1) is 17.8. The summed E-state index contributed by atoms with van der Waals surface area (Å²) in [5.74, 6) is 0.763. The highest BCUT2D eigenvalue weighted by Gasteiger charge is 2.31. The predicted molar refractivity (Wildman–Crippen MR) is 90.8 cm³/mol. The van der Waals surface area contributed by atoms with Gasteiger partial charge in [-0.2, -0.15) is 5.21 Å². The van der Waals surface area contributed by atoms with E-state index in [-0.39, 0.29) is 24.8 Å². The molecule has 2 aromatic rings. The number of hydrogen-bond donors (Lipinski definition) is 3. The smallest absolute Gasteiger partial charge is 0.237 e. The van der Waals surface area contributed by atoms with Gasteiger partial charge >= 0.3 is 0 Å². The van der Waals surface area contributed by atoms with Crippen LogP contribution in [-0.4, -0.2) is 63.6 Å². The highest BCUT2D eigenvalue weighted by Crippen LogP contribution is 2.18. The lowest BCUT2D eigenvalue weighted by Gasteiger charge is -2.34. The Balaban J connectivity index is 1.61. The van der Waals surface area contributed by atoms with Crippen molar-refractivity contribution in [3.63, 3.8) is 0 Å². The average Bonchev–Trinajstić information content (AvgIpc) is 3.17. The summed E-state index contributed by atoms with van der Waals surface area (Å²) in [5.41, 5.74) is 1.02. The monoisotopic (exact) mass is 359 g/mol. The zero-order chi connectivity index (χ0) is 18.4. The first-order chi connectivity index (χ1) is 12.7. The number of amides is 2. The lowest BCUT2D eigenvalue weighted by molar-refractivity contribution is -0.134. The van der Waals surface area contributed by atoms with Crippen LogP contribution in [0.2, 0.25) is 0 Å². The molecule has 0 saturated carbocycles. The van der Waals surface area contributed by atoms with Crippen molar-refractivity contribution in [2.45, 2.75) is 25.6 Å². The number of aromatic amines is 1. The highest BCUT2D eigenvalue weighted by molar-refractivity contribution is 5.88. The molecule has 10 nitrogen and oxygen atoms in total. The molecule has 3 N–H and O–H groups in total. The molecular formula is C16H21N7O3. The van der Waals surface area contributed by atoms with Crippen LogP contribution in [0.4, 0.5) is 0 Å². The predicted octanol–water partition coefficient (Wildman–Crippen LogP) is -0.785. The molecule has 1 fully saturated rings. The maximum Gasteiger partial charge on any atom is 0.237 e. The molecular weight excluding hydrogens is 338 g/mol. The fourth-order valence-electron chi connectivity index (χ4n) is 2.86. The second-order valence-corrected chi connectivity index (χ2v) is 5.94. The maximum atomic E-state index is 12.3. The van der Waals surface area contributed by atoms with Gasteiger partial charge in [0.25, 0.3) is 0 Å². The molecule has 10 heteroatoms. The summed E-state index contributed by atoms with van der Waals surface area (Å²) in [6.45, 7) is 1.96. The van der Waals surface area contributed by atoms with Gasteiger partial charge < -0.3 is 15.4 Å².